The van der Waals surface area contributed by atoms with Crippen LogP contribution in [0.15, 0.2) is 72.8 Å². The number of carbonyl (C=O) groups excluding carboxylic acids is 1. The Morgan fingerprint density at radius 2 is 1.81 bits per heavy atom. The Balaban J connectivity index is 1.58. The molecule has 2 amide bonds. The van der Waals surface area contributed by atoms with E-state index in [2.05, 4.69) is 54.7 Å². The van der Waals surface area contributed by atoms with Crippen molar-refractivity contribution in [2.24, 2.45) is 0 Å². The standard InChI is InChI=1S/C23H22N2OS/c1-2-19(17-10-5-3-6-11-17)24-23(26)25-15-9-14-21-20(25)16-22(27-21)18-12-7-4-8-13-18/h3-14,16,19H,2,15H2,1H3,(H,24,26)/t19-/m0/s1. The molecule has 1 N–H and O–H groups in total. The monoisotopic (exact) mass is 374 g/mol. The first kappa shape index (κ1) is 17.6. The minimum atomic E-state index is -0.0475. The molecule has 27 heavy (non-hydrogen) atoms. The molecule has 0 radical (unpaired) electrons. The van der Waals surface area contributed by atoms with Crippen molar-refractivity contribution in [3.63, 3.8) is 0 Å². The van der Waals surface area contributed by atoms with Gasteiger partial charge in [-0.25, -0.2) is 4.79 Å². The van der Waals surface area contributed by atoms with E-state index in [-0.39, 0.29) is 12.1 Å². The van der Waals surface area contributed by atoms with Gasteiger partial charge in [0.15, 0.2) is 0 Å². The number of nitrogens with one attached hydrogen (secondary N) is 1. The van der Waals surface area contributed by atoms with Crippen LogP contribution in [0.3, 0.4) is 0 Å². The maximum Gasteiger partial charge on any atom is 0.322 e. The number of fused-ring (bicyclic) bond motifs is 1. The number of benzene rings is 2. The summed E-state index contributed by atoms with van der Waals surface area (Å²) < 4.78 is 0. The molecule has 1 aliphatic heterocycles. The lowest BCUT2D eigenvalue weighted by Gasteiger charge is -2.27. The third-order valence-corrected chi connectivity index (χ3v) is 5.94. The lowest BCUT2D eigenvalue weighted by Crippen LogP contribution is -2.42. The molecule has 0 saturated heterocycles. The molecule has 0 saturated carbocycles. The van der Waals surface area contributed by atoms with Crippen molar-refractivity contribution in [3.8, 4) is 10.4 Å². The topological polar surface area (TPSA) is 32.3 Å². The van der Waals surface area contributed by atoms with Crippen LogP contribution in [0.4, 0.5) is 10.5 Å². The summed E-state index contributed by atoms with van der Waals surface area (Å²) in [5.41, 5.74) is 3.31. The van der Waals surface area contributed by atoms with Crippen molar-refractivity contribution < 1.29 is 4.79 Å². The van der Waals surface area contributed by atoms with E-state index in [1.807, 2.05) is 41.3 Å². The Kier molecular flexibility index (Phi) is 5.07. The van der Waals surface area contributed by atoms with E-state index in [4.69, 9.17) is 0 Å². The molecule has 2 aromatic carbocycles. The zero-order valence-electron chi connectivity index (χ0n) is 15.3. The molecule has 0 bridgehead atoms. The second-order valence-corrected chi connectivity index (χ2v) is 7.64. The summed E-state index contributed by atoms with van der Waals surface area (Å²) in [6.45, 7) is 2.69. The van der Waals surface area contributed by atoms with Crippen molar-refractivity contribution in [1.82, 2.24) is 5.32 Å². The number of hydrogen-bond donors (Lipinski definition) is 1. The van der Waals surface area contributed by atoms with Gasteiger partial charge in [-0.15, -0.1) is 11.3 Å². The molecule has 4 rings (SSSR count). The molecule has 3 aromatic rings. The molecule has 4 heteroatoms. The van der Waals surface area contributed by atoms with Gasteiger partial charge in [0, 0.05) is 11.4 Å². The molecule has 3 nitrogen and oxygen atoms in total. The van der Waals surface area contributed by atoms with E-state index < -0.39 is 0 Å². The third-order valence-electron chi connectivity index (χ3n) is 4.80. The predicted octanol–water partition coefficient (Wildman–Crippen LogP) is 6.11. The van der Waals surface area contributed by atoms with Crippen LogP contribution >= 0.6 is 11.3 Å². The van der Waals surface area contributed by atoms with E-state index >= 15 is 0 Å². The minimum Gasteiger partial charge on any atom is -0.331 e. The Morgan fingerprint density at radius 1 is 1.11 bits per heavy atom. The Morgan fingerprint density at radius 3 is 2.52 bits per heavy atom. The predicted molar refractivity (Wildman–Crippen MR) is 114 cm³/mol. The molecule has 0 spiro atoms. The second-order valence-electron chi connectivity index (χ2n) is 6.56. The van der Waals surface area contributed by atoms with Crippen LogP contribution in [0.5, 0.6) is 0 Å². The molecule has 1 aromatic heterocycles. The zero-order valence-corrected chi connectivity index (χ0v) is 16.1. The first-order valence-electron chi connectivity index (χ1n) is 9.25. The number of hydrogen-bond acceptors (Lipinski definition) is 2. The van der Waals surface area contributed by atoms with Gasteiger partial charge >= 0.3 is 6.03 Å². The van der Waals surface area contributed by atoms with Crippen LogP contribution in [-0.4, -0.2) is 12.6 Å². The van der Waals surface area contributed by atoms with Gasteiger partial charge in [0.1, 0.15) is 0 Å². The molecular formula is C23H22N2OS. The van der Waals surface area contributed by atoms with Gasteiger partial charge in [-0.3, -0.25) is 4.90 Å². The number of anilines is 1. The average molecular weight is 375 g/mol. The molecule has 0 unspecified atom stereocenters. The van der Waals surface area contributed by atoms with Gasteiger partial charge < -0.3 is 5.32 Å². The molecular weight excluding hydrogens is 352 g/mol. The van der Waals surface area contributed by atoms with Crippen molar-refractivity contribution in [3.05, 3.63) is 83.2 Å². The summed E-state index contributed by atoms with van der Waals surface area (Å²) in [7, 11) is 0. The molecule has 1 atom stereocenters. The highest BCUT2D eigenvalue weighted by molar-refractivity contribution is 7.17. The summed E-state index contributed by atoms with van der Waals surface area (Å²) in [6, 6.07) is 22.6. The number of thiophene rings is 1. The molecule has 0 aliphatic carbocycles. The summed E-state index contributed by atoms with van der Waals surface area (Å²) in [5.74, 6) is 0. The fraction of sp³-hybridized carbons (Fsp3) is 0.174. The Hall–Kier alpha value is -2.85. The number of carbonyl (C=O) groups is 1. The van der Waals surface area contributed by atoms with Crippen molar-refractivity contribution in [2.45, 2.75) is 19.4 Å². The maximum atomic E-state index is 13.0. The van der Waals surface area contributed by atoms with Crippen molar-refractivity contribution in [2.75, 3.05) is 11.4 Å². The second kappa shape index (κ2) is 7.80. The quantitative estimate of drug-likeness (QED) is 0.587. The van der Waals surface area contributed by atoms with Crippen molar-refractivity contribution >= 4 is 29.1 Å². The van der Waals surface area contributed by atoms with E-state index in [0.717, 1.165) is 22.5 Å². The van der Waals surface area contributed by atoms with E-state index in [9.17, 15) is 4.79 Å². The highest BCUT2D eigenvalue weighted by Gasteiger charge is 2.24. The van der Waals surface area contributed by atoms with Crippen LogP contribution in [0.1, 0.15) is 29.8 Å². The van der Waals surface area contributed by atoms with Gasteiger partial charge in [-0.1, -0.05) is 73.7 Å². The average Bonchev–Trinajstić information content (AvgIpc) is 3.17. The Labute approximate surface area is 164 Å². The minimum absolute atomic E-state index is 0.0142. The summed E-state index contributed by atoms with van der Waals surface area (Å²) in [4.78, 5) is 17.2. The van der Waals surface area contributed by atoms with Gasteiger partial charge in [-0.2, -0.15) is 0 Å². The normalized spacial score (nSPS) is 13.9. The number of nitrogens with zero attached hydrogens (tertiary/aromatic N) is 1. The maximum absolute atomic E-state index is 13.0. The molecule has 0 fully saturated rings. The van der Waals surface area contributed by atoms with Gasteiger partial charge in [0.2, 0.25) is 0 Å². The first-order valence-corrected chi connectivity index (χ1v) is 10.1. The lowest BCUT2D eigenvalue weighted by atomic mass is 10.1. The first-order chi connectivity index (χ1) is 13.3. The highest BCUT2D eigenvalue weighted by atomic mass is 32.1. The number of rotatable bonds is 4. The van der Waals surface area contributed by atoms with Gasteiger partial charge in [-0.05, 0) is 29.7 Å². The van der Waals surface area contributed by atoms with Crippen LogP contribution < -0.4 is 10.2 Å². The highest BCUT2D eigenvalue weighted by Crippen LogP contribution is 2.39. The number of amides is 2. The fourth-order valence-corrected chi connectivity index (χ4v) is 4.46. The van der Waals surface area contributed by atoms with Crippen LogP contribution in [0.25, 0.3) is 16.5 Å². The fourth-order valence-electron chi connectivity index (χ4n) is 3.36. The summed E-state index contributed by atoms with van der Waals surface area (Å²) >= 11 is 1.72. The smallest absolute Gasteiger partial charge is 0.322 e. The Bertz CT molecular complexity index is 947. The lowest BCUT2D eigenvalue weighted by molar-refractivity contribution is 0.243. The SMILES string of the molecule is CC[C@H](NC(=O)N1CC=Cc2sc(-c3ccccc3)cc21)c1ccccc1. The van der Waals surface area contributed by atoms with E-state index in [0.29, 0.717) is 6.54 Å². The third kappa shape index (κ3) is 3.67. The van der Waals surface area contributed by atoms with Crippen molar-refractivity contribution in [1.29, 1.82) is 0 Å². The zero-order chi connectivity index (χ0) is 18.6. The molecule has 1 aliphatic rings. The van der Waals surface area contributed by atoms with E-state index in [1.165, 1.54) is 10.4 Å². The summed E-state index contributed by atoms with van der Waals surface area (Å²) in [6.07, 6.45) is 5.02. The molecule has 2 heterocycles. The van der Waals surface area contributed by atoms with Crippen LogP contribution in [-0.2, 0) is 0 Å². The van der Waals surface area contributed by atoms with E-state index in [1.54, 1.807) is 11.3 Å². The number of urea groups is 1. The largest absolute Gasteiger partial charge is 0.331 e. The molecule has 136 valence electrons. The van der Waals surface area contributed by atoms with Gasteiger partial charge in [0.25, 0.3) is 0 Å². The van der Waals surface area contributed by atoms with Crippen LogP contribution in [0.2, 0.25) is 0 Å². The van der Waals surface area contributed by atoms with Crippen LogP contribution in [0, 0.1) is 0 Å². The summed E-state index contributed by atoms with van der Waals surface area (Å²) in [5, 5.41) is 3.20. The van der Waals surface area contributed by atoms with Gasteiger partial charge in [0.05, 0.1) is 16.6 Å².